The lowest BCUT2D eigenvalue weighted by Gasteiger charge is -2.05. The van der Waals surface area contributed by atoms with Gasteiger partial charge in [0, 0.05) is 37.1 Å². The monoisotopic (exact) mass is 234 g/mol. The molecule has 0 aliphatic heterocycles. The van der Waals surface area contributed by atoms with Crippen LogP contribution in [0.5, 0.6) is 0 Å². The van der Waals surface area contributed by atoms with Crippen LogP contribution >= 0.6 is 11.8 Å². The highest BCUT2D eigenvalue weighted by molar-refractivity contribution is 7.99. The van der Waals surface area contributed by atoms with Crippen molar-refractivity contribution in [3.8, 4) is 0 Å². The Morgan fingerprint density at radius 3 is 2.94 bits per heavy atom. The normalized spacial score (nSPS) is 10.4. The summed E-state index contributed by atoms with van der Waals surface area (Å²) >= 11 is 1.63. The lowest BCUT2D eigenvalue weighted by Crippen LogP contribution is -1.98. The lowest BCUT2D eigenvalue weighted by atomic mass is 10.4. The molecule has 0 radical (unpaired) electrons. The van der Waals surface area contributed by atoms with Crippen molar-refractivity contribution in [3.63, 3.8) is 0 Å². The predicted molar refractivity (Wildman–Crippen MR) is 65.7 cm³/mol. The minimum absolute atomic E-state index is 0.878. The summed E-state index contributed by atoms with van der Waals surface area (Å²) in [6, 6.07) is 4.02. The van der Waals surface area contributed by atoms with E-state index in [1.807, 2.05) is 36.1 Å². The Hall–Kier alpha value is -1.49. The number of nitrogens with one attached hydrogen (secondary N) is 1. The van der Waals surface area contributed by atoms with Gasteiger partial charge in [-0.1, -0.05) is 11.8 Å². The maximum atomic E-state index is 4.27. The van der Waals surface area contributed by atoms with E-state index in [1.165, 1.54) is 0 Å². The topological polar surface area (TPSA) is 42.7 Å². The van der Waals surface area contributed by atoms with Crippen molar-refractivity contribution in [1.82, 2.24) is 14.5 Å². The molecule has 0 bridgehead atoms. The van der Waals surface area contributed by atoms with Crippen LogP contribution in [0.1, 0.15) is 6.92 Å². The molecule has 0 spiro atoms. The highest BCUT2D eigenvalue weighted by Gasteiger charge is 2.03. The van der Waals surface area contributed by atoms with Crippen LogP contribution in [0.4, 0.5) is 5.82 Å². The van der Waals surface area contributed by atoms with Gasteiger partial charge in [-0.2, -0.15) is 0 Å². The van der Waals surface area contributed by atoms with Gasteiger partial charge in [-0.25, -0.2) is 9.97 Å². The third-order valence-electron chi connectivity index (χ3n) is 2.08. The molecule has 0 aliphatic rings. The van der Waals surface area contributed by atoms with Gasteiger partial charge < -0.3 is 9.88 Å². The molecular weight excluding hydrogens is 220 g/mol. The maximum absolute atomic E-state index is 4.27. The number of imidazole rings is 1. The summed E-state index contributed by atoms with van der Waals surface area (Å²) in [6.07, 6.45) is 5.55. The van der Waals surface area contributed by atoms with Crippen molar-refractivity contribution in [1.29, 1.82) is 0 Å². The van der Waals surface area contributed by atoms with E-state index in [9.17, 15) is 0 Å². The fourth-order valence-corrected chi connectivity index (χ4v) is 2.14. The largest absolute Gasteiger partial charge is 0.370 e. The molecule has 1 N–H and O–H groups in total. The summed E-state index contributed by atoms with van der Waals surface area (Å²) in [5.41, 5.74) is 0. The van der Waals surface area contributed by atoms with Gasteiger partial charge in [0.25, 0.3) is 0 Å². The predicted octanol–water partition coefficient (Wildman–Crippen LogP) is 2.40. The smallest absolute Gasteiger partial charge is 0.172 e. The molecule has 84 valence electrons. The molecule has 0 atom stereocenters. The number of pyridine rings is 1. The zero-order valence-electron chi connectivity index (χ0n) is 9.34. The Morgan fingerprint density at radius 1 is 1.38 bits per heavy atom. The molecule has 2 heterocycles. The Balaban J connectivity index is 2.15. The summed E-state index contributed by atoms with van der Waals surface area (Å²) in [7, 11) is 1.99. The number of aromatic nitrogens is 3. The first-order valence-electron chi connectivity index (χ1n) is 5.14. The molecule has 5 heteroatoms. The molecule has 0 amide bonds. The van der Waals surface area contributed by atoms with Gasteiger partial charge in [0.1, 0.15) is 5.82 Å². The Morgan fingerprint density at radius 2 is 2.25 bits per heavy atom. The number of hydrogen-bond acceptors (Lipinski definition) is 4. The second-order valence-corrected chi connectivity index (χ2v) is 4.37. The second-order valence-electron chi connectivity index (χ2n) is 3.33. The summed E-state index contributed by atoms with van der Waals surface area (Å²) in [4.78, 5) is 9.64. The average Bonchev–Trinajstić information content (AvgIpc) is 2.66. The van der Waals surface area contributed by atoms with Crippen molar-refractivity contribution in [2.24, 2.45) is 7.05 Å². The van der Waals surface area contributed by atoms with Crippen molar-refractivity contribution in [2.45, 2.75) is 17.0 Å². The van der Waals surface area contributed by atoms with Crippen molar-refractivity contribution >= 4 is 17.6 Å². The van der Waals surface area contributed by atoms with Crippen LogP contribution < -0.4 is 5.32 Å². The number of aryl methyl sites for hydroxylation is 1. The fourth-order valence-electron chi connectivity index (χ4n) is 1.31. The molecule has 2 aromatic rings. The van der Waals surface area contributed by atoms with Crippen LogP contribution in [-0.4, -0.2) is 21.1 Å². The molecule has 0 aromatic carbocycles. The van der Waals surface area contributed by atoms with Crippen LogP contribution in [-0.2, 0) is 7.05 Å². The standard InChI is InChI=1S/C11H14N4S/c1-3-12-10-8-9(4-5-13-10)16-11-14-6-7-15(11)2/h4-8H,3H2,1-2H3,(H,12,13). The highest BCUT2D eigenvalue weighted by atomic mass is 32.2. The molecule has 0 saturated carbocycles. The molecule has 0 unspecified atom stereocenters. The first-order valence-corrected chi connectivity index (χ1v) is 5.96. The van der Waals surface area contributed by atoms with E-state index < -0.39 is 0 Å². The third kappa shape index (κ3) is 2.55. The van der Waals surface area contributed by atoms with Gasteiger partial charge >= 0.3 is 0 Å². The SMILES string of the molecule is CCNc1cc(Sc2nccn2C)ccn1. The molecule has 0 fully saturated rings. The number of hydrogen-bond donors (Lipinski definition) is 1. The van der Waals surface area contributed by atoms with Gasteiger partial charge in [-0.15, -0.1) is 0 Å². The van der Waals surface area contributed by atoms with Crippen molar-refractivity contribution < 1.29 is 0 Å². The minimum Gasteiger partial charge on any atom is -0.370 e. The van der Waals surface area contributed by atoms with Crippen LogP contribution in [0.15, 0.2) is 40.8 Å². The van der Waals surface area contributed by atoms with E-state index in [2.05, 4.69) is 22.2 Å². The molecular formula is C11H14N4S. The molecule has 2 rings (SSSR count). The molecule has 2 aromatic heterocycles. The Labute approximate surface area is 99.1 Å². The van der Waals surface area contributed by atoms with E-state index in [4.69, 9.17) is 0 Å². The Bertz CT molecular complexity index is 467. The van der Waals surface area contributed by atoms with Crippen molar-refractivity contribution in [3.05, 3.63) is 30.7 Å². The molecule has 0 saturated heterocycles. The first kappa shape index (κ1) is 11.0. The van der Waals surface area contributed by atoms with E-state index >= 15 is 0 Å². The van der Waals surface area contributed by atoms with Gasteiger partial charge in [0.2, 0.25) is 0 Å². The molecule has 4 nitrogen and oxygen atoms in total. The third-order valence-corrected chi connectivity index (χ3v) is 3.14. The maximum Gasteiger partial charge on any atom is 0.172 e. The number of anilines is 1. The van der Waals surface area contributed by atoms with E-state index in [1.54, 1.807) is 18.0 Å². The lowest BCUT2D eigenvalue weighted by molar-refractivity contribution is 0.790. The second kappa shape index (κ2) is 5.03. The zero-order valence-corrected chi connectivity index (χ0v) is 10.2. The first-order chi connectivity index (χ1) is 7.79. The molecule has 16 heavy (non-hydrogen) atoms. The van der Waals surface area contributed by atoms with E-state index in [-0.39, 0.29) is 0 Å². The van der Waals surface area contributed by atoms with Gasteiger partial charge in [0.05, 0.1) is 0 Å². The summed E-state index contributed by atoms with van der Waals surface area (Å²) in [5.74, 6) is 0.904. The van der Waals surface area contributed by atoms with Crippen LogP contribution in [0.3, 0.4) is 0 Å². The summed E-state index contributed by atoms with van der Waals surface area (Å²) in [6.45, 7) is 2.93. The summed E-state index contributed by atoms with van der Waals surface area (Å²) in [5, 5.41) is 4.17. The number of rotatable bonds is 4. The van der Waals surface area contributed by atoms with Crippen molar-refractivity contribution in [2.75, 3.05) is 11.9 Å². The Kier molecular flexibility index (Phi) is 3.46. The highest BCUT2D eigenvalue weighted by Crippen LogP contribution is 2.26. The fraction of sp³-hybridized carbons (Fsp3) is 0.273. The van der Waals surface area contributed by atoms with Crippen LogP contribution in [0, 0.1) is 0 Å². The van der Waals surface area contributed by atoms with Gasteiger partial charge in [0.15, 0.2) is 5.16 Å². The van der Waals surface area contributed by atoms with Crippen LogP contribution in [0.2, 0.25) is 0 Å². The zero-order chi connectivity index (χ0) is 11.4. The van der Waals surface area contributed by atoms with E-state index in [0.29, 0.717) is 0 Å². The van der Waals surface area contributed by atoms with Gasteiger partial charge in [-0.3, -0.25) is 0 Å². The quantitative estimate of drug-likeness (QED) is 0.882. The molecule has 0 aliphatic carbocycles. The number of nitrogens with zero attached hydrogens (tertiary/aromatic N) is 3. The van der Waals surface area contributed by atoms with Crippen LogP contribution in [0.25, 0.3) is 0 Å². The van der Waals surface area contributed by atoms with E-state index in [0.717, 1.165) is 22.4 Å². The average molecular weight is 234 g/mol. The van der Waals surface area contributed by atoms with Gasteiger partial charge in [-0.05, 0) is 19.1 Å². The minimum atomic E-state index is 0.878. The summed E-state index contributed by atoms with van der Waals surface area (Å²) < 4.78 is 2.00.